The number of anilines is 1. The van der Waals surface area contributed by atoms with Crippen molar-refractivity contribution in [3.8, 4) is 0 Å². The second-order valence-electron chi connectivity index (χ2n) is 5.85. The summed E-state index contributed by atoms with van der Waals surface area (Å²) in [5.74, 6) is -2.51. The van der Waals surface area contributed by atoms with Gasteiger partial charge in [0.25, 0.3) is 0 Å². The molecule has 6 heteroatoms. The number of hydrogen-bond donors (Lipinski definition) is 2. The third kappa shape index (κ3) is 5.17. The van der Waals surface area contributed by atoms with Crippen molar-refractivity contribution in [3.63, 3.8) is 0 Å². The molecule has 0 amide bonds. The number of aliphatic carboxylic acids is 2. The average Bonchev–Trinajstić information content (AvgIpc) is 3.00. The molecular formula is C20H22N2O4. The van der Waals surface area contributed by atoms with E-state index in [1.54, 1.807) is 0 Å². The van der Waals surface area contributed by atoms with E-state index in [9.17, 15) is 9.59 Å². The highest BCUT2D eigenvalue weighted by Crippen LogP contribution is 2.39. The van der Waals surface area contributed by atoms with Gasteiger partial charge in [-0.25, -0.2) is 9.59 Å². The van der Waals surface area contributed by atoms with Crippen LogP contribution in [0.15, 0.2) is 60.9 Å². The Labute approximate surface area is 152 Å². The normalized spacial score (nSPS) is 15.3. The maximum atomic E-state index is 9.55. The first-order valence-electron chi connectivity index (χ1n) is 8.41. The number of hydrogen-bond acceptors (Lipinski definition) is 4. The highest BCUT2D eigenvalue weighted by Gasteiger charge is 2.28. The largest absolute Gasteiger partial charge is 0.478 e. The van der Waals surface area contributed by atoms with Crippen LogP contribution in [0, 0.1) is 0 Å². The molecule has 2 aromatic rings. The second-order valence-corrected chi connectivity index (χ2v) is 5.85. The number of benzene rings is 1. The molecule has 0 fully saturated rings. The Bertz CT molecular complexity index is 758. The third-order valence-electron chi connectivity index (χ3n) is 4.06. The topological polar surface area (TPSA) is 90.7 Å². The molecule has 0 spiro atoms. The van der Waals surface area contributed by atoms with Gasteiger partial charge in [-0.15, -0.1) is 0 Å². The lowest BCUT2D eigenvalue weighted by Gasteiger charge is -2.27. The van der Waals surface area contributed by atoms with E-state index in [0.717, 1.165) is 6.54 Å². The van der Waals surface area contributed by atoms with Crippen LogP contribution >= 0.6 is 0 Å². The molecule has 26 heavy (non-hydrogen) atoms. The molecule has 0 bridgehead atoms. The van der Waals surface area contributed by atoms with E-state index in [4.69, 9.17) is 10.2 Å². The molecule has 0 aliphatic carbocycles. The van der Waals surface area contributed by atoms with Crippen LogP contribution in [-0.4, -0.2) is 27.1 Å². The summed E-state index contributed by atoms with van der Waals surface area (Å²) in [7, 11) is 0. The zero-order chi connectivity index (χ0) is 18.9. The number of nitrogens with zero attached hydrogens (tertiary/aromatic N) is 2. The van der Waals surface area contributed by atoms with Gasteiger partial charge >= 0.3 is 11.9 Å². The Morgan fingerprint density at radius 2 is 1.73 bits per heavy atom. The van der Waals surface area contributed by atoms with Gasteiger partial charge in [-0.05, 0) is 29.7 Å². The van der Waals surface area contributed by atoms with Gasteiger partial charge in [0, 0.05) is 36.8 Å². The Morgan fingerprint density at radius 3 is 2.31 bits per heavy atom. The SMILES string of the molecule is CCCC1c2ccccc2CN1c1ccncc1.O=C(O)C=CC(=O)O. The minimum atomic E-state index is -1.26. The fraction of sp³-hybridized carbons (Fsp3) is 0.250. The predicted octanol–water partition coefficient (Wildman–Crippen LogP) is 3.65. The maximum absolute atomic E-state index is 9.55. The Balaban J connectivity index is 0.000000260. The molecule has 1 aliphatic rings. The quantitative estimate of drug-likeness (QED) is 0.797. The monoisotopic (exact) mass is 354 g/mol. The van der Waals surface area contributed by atoms with Crippen molar-refractivity contribution in [1.29, 1.82) is 0 Å². The van der Waals surface area contributed by atoms with E-state index < -0.39 is 11.9 Å². The standard InChI is InChI=1S/C16H18N2.C4H4O4/c1-2-5-16-15-7-4-3-6-13(15)12-18(16)14-8-10-17-11-9-14;5-3(6)1-2-4(7)8/h3-4,6-11,16H,2,5,12H2,1H3;1-2H,(H,5,6)(H,7,8). The number of carboxylic acids is 2. The van der Waals surface area contributed by atoms with Gasteiger partial charge in [-0.1, -0.05) is 37.6 Å². The number of rotatable bonds is 5. The van der Waals surface area contributed by atoms with Crippen molar-refractivity contribution in [3.05, 3.63) is 72.1 Å². The van der Waals surface area contributed by atoms with Crippen LogP contribution in [0.3, 0.4) is 0 Å². The first-order valence-corrected chi connectivity index (χ1v) is 8.41. The highest BCUT2D eigenvalue weighted by molar-refractivity contribution is 5.89. The molecule has 1 atom stereocenters. The average molecular weight is 354 g/mol. The van der Waals surface area contributed by atoms with Gasteiger partial charge in [0.1, 0.15) is 0 Å². The predicted molar refractivity (Wildman–Crippen MR) is 98.9 cm³/mol. The van der Waals surface area contributed by atoms with Crippen molar-refractivity contribution in [2.75, 3.05) is 4.90 Å². The summed E-state index contributed by atoms with van der Waals surface area (Å²) in [6.07, 6.45) is 7.28. The first kappa shape index (κ1) is 19.2. The third-order valence-corrected chi connectivity index (χ3v) is 4.06. The van der Waals surface area contributed by atoms with Gasteiger partial charge in [0.05, 0.1) is 6.04 Å². The summed E-state index contributed by atoms with van der Waals surface area (Å²) in [5.41, 5.74) is 4.24. The molecule has 6 nitrogen and oxygen atoms in total. The van der Waals surface area contributed by atoms with E-state index in [1.807, 2.05) is 12.4 Å². The first-order chi connectivity index (χ1) is 12.5. The molecule has 136 valence electrons. The zero-order valence-electron chi connectivity index (χ0n) is 14.6. The van der Waals surface area contributed by atoms with Crippen LogP contribution in [0.4, 0.5) is 5.69 Å². The van der Waals surface area contributed by atoms with Crippen LogP contribution in [-0.2, 0) is 16.1 Å². The molecule has 1 aromatic heterocycles. The van der Waals surface area contributed by atoms with E-state index in [0.29, 0.717) is 18.2 Å². The molecule has 1 unspecified atom stereocenters. The number of aromatic nitrogens is 1. The van der Waals surface area contributed by atoms with Crippen molar-refractivity contribution in [1.82, 2.24) is 4.98 Å². The molecule has 1 aliphatic heterocycles. The lowest BCUT2D eigenvalue weighted by Crippen LogP contribution is -2.21. The second kappa shape index (κ2) is 9.36. The van der Waals surface area contributed by atoms with Crippen molar-refractivity contribution in [2.45, 2.75) is 32.4 Å². The number of pyridine rings is 1. The summed E-state index contributed by atoms with van der Waals surface area (Å²) in [6, 6.07) is 13.5. The number of carboxylic acid groups (broad SMARTS) is 2. The van der Waals surface area contributed by atoms with Crippen LogP contribution in [0.1, 0.15) is 36.9 Å². The minimum absolute atomic E-state index is 0.522. The summed E-state index contributed by atoms with van der Waals surface area (Å²) in [6.45, 7) is 3.27. The van der Waals surface area contributed by atoms with Gasteiger partial charge in [0.2, 0.25) is 0 Å². The van der Waals surface area contributed by atoms with E-state index >= 15 is 0 Å². The molecule has 2 heterocycles. The van der Waals surface area contributed by atoms with Gasteiger partial charge in [-0.2, -0.15) is 0 Å². The smallest absolute Gasteiger partial charge is 0.328 e. The van der Waals surface area contributed by atoms with E-state index in [2.05, 4.69) is 53.2 Å². The highest BCUT2D eigenvalue weighted by atomic mass is 16.4. The van der Waals surface area contributed by atoms with Crippen LogP contribution in [0.25, 0.3) is 0 Å². The lowest BCUT2D eigenvalue weighted by atomic mass is 10.0. The van der Waals surface area contributed by atoms with Crippen molar-refractivity contribution >= 4 is 17.6 Å². The molecule has 0 radical (unpaired) electrons. The summed E-state index contributed by atoms with van der Waals surface area (Å²) >= 11 is 0. The van der Waals surface area contributed by atoms with E-state index in [1.165, 1.54) is 29.7 Å². The van der Waals surface area contributed by atoms with Gasteiger partial charge in [-0.3, -0.25) is 4.98 Å². The molecule has 0 saturated carbocycles. The van der Waals surface area contributed by atoms with Gasteiger partial charge < -0.3 is 15.1 Å². The van der Waals surface area contributed by atoms with Crippen molar-refractivity contribution in [2.24, 2.45) is 0 Å². The van der Waals surface area contributed by atoms with Crippen LogP contribution in [0.5, 0.6) is 0 Å². The summed E-state index contributed by atoms with van der Waals surface area (Å²) in [4.78, 5) is 25.7. The van der Waals surface area contributed by atoms with Crippen LogP contribution in [0.2, 0.25) is 0 Å². The molecule has 0 saturated heterocycles. The molecule has 3 rings (SSSR count). The van der Waals surface area contributed by atoms with Crippen molar-refractivity contribution < 1.29 is 19.8 Å². The molecule has 1 aromatic carbocycles. The maximum Gasteiger partial charge on any atom is 0.328 e. The lowest BCUT2D eigenvalue weighted by molar-refractivity contribution is -0.134. The van der Waals surface area contributed by atoms with Crippen LogP contribution < -0.4 is 4.90 Å². The summed E-state index contributed by atoms with van der Waals surface area (Å²) < 4.78 is 0. The summed E-state index contributed by atoms with van der Waals surface area (Å²) in [5, 5.41) is 15.6. The van der Waals surface area contributed by atoms with Gasteiger partial charge in [0.15, 0.2) is 0 Å². The zero-order valence-corrected chi connectivity index (χ0v) is 14.6. The number of carbonyl (C=O) groups is 2. The van der Waals surface area contributed by atoms with E-state index in [-0.39, 0.29) is 0 Å². The Kier molecular flexibility index (Phi) is 6.91. The Morgan fingerprint density at radius 1 is 1.12 bits per heavy atom. The minimum Gasteiger partial charge on any atom is -0.478 e. The molecule has 2 N–H and O–H groups in total. The fourth-order valence-electron chi connectivity index (χ4n) is 3.00. The Hall–Kier alpha value is -3.15. The fourth-order valence-corrected chi connectivity index (χ4v) is 3.00. The number of fused-ring (bicyclic) bond motifs is 1. The molecular weight excluding hydrogens is 332 g/mol.